The van der Waals surface area contributed by atoms with Crippen molar-refractivity contribution in [2.45, 2.75) is 17.2 Å². The summed E-state index contributed by atoms with van der Waals surface area (Å²) in [5.41, 5.74) is 0. The lowest BCUT2D eigenvalue weighted by atomic mass is 10.4. The van der Waals surface area contributed by atoms with Crippen LogP contribution in [0, 0.1) is 0 Å². The molecular formula is C7H10BrNO3S2. The molecule has 1 heterocycles. The average Bonchev–Trinajstić information content (AvgIpc) is 2.48. The number of aliphatic hydroxyl groups is 1. The highest BCUT2D eigenvalue weighted by atomic mass is 79.9. The number of halogens is 1. The van der Waals surface area contributed by atoms with Crippen molar-refractivity contribution in [3.8, 4) is 0 Å². The minimum absolute atomic E-state index is 0.0205. The molecule has 0 saturated carbocycles. The summed E-state index contributed by atoms with van der Waals surface area (Å²) in [6.45, 7) is 1.54. The molecule has 0 aliphatic rings. The number of hydrogen-bond acceptors (Lipinski definition) is 4. The maximum atomic E-state index is 11.6. The molecule has 1 atom stereocenters. The standard InChI is InChI=1S/C7H10BrNO3S2/c1-5(10)4-9-14(11,12)7-6(8)2-3-13-7/h2-3,5,9-10H,4H2,1H3/t5-/m0/s1. The van der Waals surface area contributed by atoms with Gasteiger partial charge in [0.25, 0.3) is 10.0 Å². The first-order valence-corrected chi connectivity index (χ1v) is 7.00. The maximum absolute atomic E-state index is 11.6. The van der Waals surface area contributed by atoms with Crippen molar-refractivity contribution < 1.29 is 13.5 Å². The largest absolute Gasteiger partial charge is 0.392 e. The van der Waals surface area contributed by atoms with Crippen molar-refractivity contribution in [1.29, 1.82) is 0 Å². The minimum atomic E-state index is -3.48. The normalized spacial score (nSPS) is 14.2. The van der Waals surface area contributed by atoms with E-state index < -0.39 is 16.1 Å². The second-order valence-corrected chi connectivity index (χ2v) is 6.49. The molecule has 0 saturated heterocycles. The van der Waals surface area contributed by atoms with Crippen LogP contribution < -0.4 is 4.72 Å². The van der Waals surface area contributed by atoms with Gasteiger partial charge in [-0.1, -0.05) is 0 Å². The monoisotopic (exact) mass is 299 g/mol. The van der Waals surface area contributed by atoms with Crippen LogP contribution in [0.25, 0.3) is 0 Å². The van der Waals surface area contributed by atoms with E-state index in [0.717, 1.165) is 11.3 Å². The van der Waals surface area contributed by atoms with Crippen molar-refractivity contribution in [3.63, 3.8) is 0 Å². The van der Waals surface area contributed by atoms with Crippen molar-refractivity contribution >= 4 is 37.3 Å². The van der Waals surface area contributed by atoms with Gasteiger partial charge in [0.2, 0.25) is 0 Å². The van der Waals surface area contributed by atoms with Gasteiger partial charge < -0.3 is 5.11 Å². The van der Waals surface area contributed by atoms with Gasteiger partial charge in [-0.3, -0.25) is 0 Å². The predicted molar refractivity (Wildman–Crippen MR) is 58.9 cm³/mol. The summed E-state index contributed by atoms with van der Waals surface area (Å²) >= 11 is 4.27. The molecule has 1 aromatic rings. The van der Waals surface area contributed by atoms with Crippen LogP contribution in [-0.2, 0) is 10.0 Å². The Morgan fingerprint density at radius 2 is 2.36 bits per heavy atom. The first-order valence-electron chi connectivity index (χ1n) is 3.84. The first kappa shape index (κ1) is 12.1. The Bertz CT molecular complexity index is 399. The van der Waals surface area contributed by atoms with Crippen LogP contribution in [0.4, 0.5) is 0 Å². The van der Waals surface area contributed by atoms with Crippen molar-refractivity contribution in [3.05, 3.63) is 15.9 Å². The molecule has 4 nitrogen and oxygen atoms in total. The molecule has 0 spiro atoms. The molecule has 80 valence electrons. The SMILES string of the molecule is C[C@H](O)CNS(=O)(=O)c1sccc1Br. The minimum Gasteiger partial charge on any atom is -0.392 e. The molecule has 0 aliphatic carbocycles. The summed E-state index contributed by atoms with van der Waals surface area (Å²) in [5.74, 6) is 0. The highest BCUT2D eigenvalue weighted by Crippen LogP contribution is 2.27. The lowest BCUT2D eigenvalue weighted by molar-refractivity contribution is 0.198. The number of aliphatic hydroxyl groups excluding tert-OH is 1. The molecular weight excluding hydrogens is 290 g/mol. The van der Waals surface area contributed by atoms with E-state index in [9.17, 15) is 8.42 Å². The summed E-state index contributed by atoms with van der Waals surface area (Å²) in [7, 11) is -3.48. The molecule has 1 aromatic heterocycles. The van der Waals surface area contributed by atoms with E-state index in [1.165, 1.54) is 6.92 Å². The Morgan fingerprint density at radius 1 is 1.71 bits per heavy atom. The van der Waals surface area contributed by atoms with Crippen LogP contribution in [0.1, 0.15) is 6.92 Å². The highest BCUT2D eigenvalue weighted by molar-refractivity contribution is 9.10. The summed E-state index contributed by atoms with van der Waals surface area (Å²) in [6, 6.07) is 1.67. The van der Waals surface area contributed by atoms with Crippen LogP contribution in [0.3, 0.4) is 0 Å². The van der Waals surface area contributed by atoms with Gasteiger partial charge in [0.05, 0.1) is 6.10 Å². The topological polar surface area (TPSA) is 66.4 Å². The molecule has 1 rings (SSSR count). The number of thiophene rings is 1. The zero-order chi connectivity index (χ0) is 10.8. The van der Waals surface area contributed by atoms with Gasteiger partial charge in [-0.05, 0) is 34.3 Å². The molecule has 0 fully saturated rings. The quantitative estimate of drug-likeness (QED) is 0.877. The van der Waals surface area contributed by atoms with Crippen LogP contribution in [0.15, 0.2) is 20.1 Å². The molecule has 0 amide bonds. The van der Waals surface area contributed by atoms with Crippen LogP contribution in [-0.4, -0.2) is 26.2 Å². The van der Waals surface area contributed by atoms with Crippen LogP contribution >= 0.6 is 27.3 Å². The zero-order valence-electron chi connectivity index (χ0n) is 7.40. The van der Waals surface area contributed by atoms with Gasteiger partial charge in [-0.2, -0.15) is 0 Å². The van der Waals surface area contributed by atoms with Gasteiger partial charge in [0, 0.05) is 11.0 Å². The van der Waals surface area contributed by atoms with E-state index in [2.05, 4.69) is 20.7 Å². The second kappa shape index (κ2) is 4.71. The maximum Gasteiger partial charge on any atom is 0.251 e. The first-order chi connectivity index (χ1) is 6.43. The van der Waals surface area contributed by atoms with Crippen LogP contribution in [0.2, 0.25) is 0 Å². The van der Waals surface area contributed by atoms with Gasteiger partial charge in [-0.25, -0.2) is 13.1 Å². The zero-order valence-corrected chi connectivity index (χ0v) is 10.6. The van der Waals surface area contributed by atoms with E-state index in [0.29, 0.717) is 4.47 Å². The smallest absolute Gasteiger partial charge is 0.251 e. The third kappa shape index (κ3) is 3.03. The number of rotatable bonds is 4. The Labute approximate surface area is 95.1 Å². The van der Waals surface area contributed by atoms with E-state index in [1.807, 2.05) is 0 Å². The van der Waals surface area contributed by atoms with Gasteiger partial charge in [0.15, 0.2) is 0 Å². The number of sulfonamides is 1. The molecule has 7 heteroatoms. The summed E-state index contributed by atoms with van der Waals surface area (Å²) < 4.78 is 26.2. The number of nitrogens with one attached hydrogen (secondary N) is 1. The predicted octanol–water partition coefficient (Wildman–Crippen LogP) is 1.17. The van der Waals surface area contributed by atoms with E-state index >= 15 is 0 Å². The molecule has 0 aromatic carbocycles. The fraction of sp³-hybridized carbons (Fsp3) is 0.429. The fourth-order valence-corrected chi connectivity index (χ4v) is 4.27. The molecule has 14 heavy (non-hydrogen) atoms. The average molecular weight is 300 g/mol. The van der Waals surface area contributed by atoms with E-state index in [-0.39, 0.29) is 10.8 Å². The van der Waals surface area contributed by atoms with Gasteiger partial charge in [0.1, 0.15) is 4.21 Å². The third-order valence-corrected chi connectivity index (χ3v) is 5.49. The van der Waals surface area contributed by atoms with Crippen LogP contribution in [0.5, 0.6) is 0 Å². The number of hydrogen-bond donors (Lipinski definition) is 2. The Balaban J connectivity index is 2.82. The molecule has 0 aliphatic heterocycles. The molecule has 0 bridgehead atoms. The summed E-state index contributed by atoms with van der Waals surface area (Å²) in [6.07, 6.45) is -0.691. The second-order valence-electron chi connectivity index (χ2n) is 2.76. The Morgan fingerprint density at radius 3 is 2.79 bits per heavy atom. The fourth-order valence-electron chi connectivity index (χ4n) is 0.767. The summed E-state index contributed by atoms with van der Waals surface area (Å²) in [4.78, 5) is 0. The summed E-state index contributed by atoms with van der Waals surface area (Å²) in [5, 5.41) is 10.6. The van der Waals surface area contributed by atoms with Crippen molar-refractivity contribution in [2.24, 2.45) is 0 Å². The van der Waals surface area contributed by atoms with Gasteiger partial charge in [-0.15, -0.1) is 11.3 Å². The Kier molecular flexibility index (Phi) is 4.08. The van der Waals surface area contributed by atoms with Gasteiger partial charge >= 0.3 is 0 Å². The van der Waals surface area contributed by atoms with Crippen molar-refractivity contribution in [2.75, 3.05) is 6.54 Å². The Hall–Kier alpha value is 0.0500. The lowest BCUT2D eigenvalue weighted by Gasteiger charge is -2.06. The highest BCUT2D eigenvalue weighted by Gasteiger charge is 2.18. The molecule has 0 radical (unpaired) electrons. The third-order valence-electron chi connectivity index (χ3n) is 1.40. The van der Waals surface area contributed by atoms with E-state index in [1.54, 1.807) is 11.4 Å². The molecule has 2 N–H and O–H groups in total. The molecule has 0 unspecified atom stereocenters. The lowest BCUT2D eigenvalue weighted by Crippen LogP contribution is -2.30. The van der Waals surface area contributed by atoms with Crippen molar-refractivity contribution in [1.82, 2.24) is 4.72 Å². The van der Waals surface area contributed by atoms with E-state index in [4.69, 9.17) is 5.11 Å².